The molecule has 0 atom stereocenters. The van der Waals surface area contributed by atoms with Crippen LogP contribution < -0.4 is 14.8 Å². The Morgan fingerprint density at radius 2 is 2.00 bits per heavy atom. The number of hydrogen-bond acceptors (Lipinski definition) is 5. The van der Waals surface area contributed by atoms with Crippen molar-refractivity contribution in [1.29, 1.82) is 0 Å². The summed E-state index contributed by atoms with van der Waals surface area (Å²) >= 11 is 0. The lowest BCUT2D eigenvalue weighted by Gasteiger charge is -2.16. The number of ether oxygens (including phenoxy) is 2. The molecule has 1 aromatic heterocycles. The van der Waals surface area contributed by atoms with E-state index in [1.807, 2.05) is 43.4 Å². The third-order valence-corrected chi connectivity index (χ3v) is 4.91. The summed E-state index contributed by atoms with van der Waals surface area (Å²) in [5, 5.41) is 3.14. The van der Waals surface area contributed by atoms with Crippen molar-refractivity contribution in [3.05, 3.63) is 47.9 Å². The van der Waals surface area contributed by atoms with E-state index in [0.717, 1.165) is 46.7 Å². The zero-order chi connectivity index (χ0) is 17.9. The van der Waals surface area contributed by atoms with E-state index in [2.05, 4.69) is 10.3 Å². The van der Waals surface area contributed by atoms with Gasteiger partial charge < -0.3 is 19.2 Å². The first-order chi connectivity index (χ1) is 12.8. The molecule has 5 heteroatoms. The van der Waals surface area contributed by atoms with E-state index in [0.29, 0.717) is 18.4 Å². The van der Waals surface area contributed by atoms with Crippen LogP contribution >= 0.6 is 0 Å². The Morgan fingerprint density at radius 1 is 1.15 bits per heavy atom. The van der Waals surface area contributed by atoms with Crippen LogP contribution in [0.1, 0.15) is 37.1 Å². The van der Waals surface area contributed by atoms with Crippen LogP contribution in [0.2, 0.25) is 0 Å². The number of rotatable bonds is 6. The first-order valence-corrected chi connectivity index (χ1v) is 9.16. The largest absolute Gasteiger partial charge is 0.493 e. The lowest BCUT2D eigenvalue weighted by atomic mass is 10.1. The van der Waals surface area contributed by atoms with Gasteiger partial charge in [-0.1, -0.05) is 12.1 Å². The molecule has 1 saturated carbocycles. The van der Waals surface area contributed by atoms with E-state index < -0.39 is 0 Å². The molecular weight excluding hydrogens is 328 g/mol. The van der Waals surface area contributed by atoms with Gasteiger partial charge >= 0.3 is 0 Å². The highest BCUT2D eigenvalue weighted by Gasteiger charge is 2.19. The zero-order valence-electron chi connectivity index (χ0n) is 15.2. The maximum absolute atomic E-state index is 6.19. The minimum atomic E-state index is 0.293. The molecular formula is C21H24N2O3. The third kappa shape index (κ3) is 3.34. The van der Waals surface area contributed by atoms with E-state index in [-0.39, 0.29) is 0 Å². The van der Waals surface area contributed by atoms with E-state index in [9.17, 15) is 0 Å². The Hall–Kier alpha value is -2.69. The van der Waals surface area contributed by atoms with Crippen LogP contribution in [0.15, 0.2) is 40.8 Å². The van der Waals surface area contributed by atoms with E-state index >= 15 is 0 Å². The summed E-state index contributed by atoms with van der Waals surface area (Å²) in [4.78, 5) is 4.61. The number of hydrogen-bond donors (Lipinski definition) is 1. The summed E-state index contributed by atoms with van der Waals surface area (Å²) in [5.74, 6) is 2.28. The van der Waals surface area contributed by atoms with Crippen molar-refractivity contribution in [1.82, 2.24) is 4.98 Å². The first kappa shape index (κ1) is 16.8. The number of nitrogens with one attached hydrogen (secondary N) is 1. The number of oxazole rings is 1. The molecule has 1 fully saturated rings. The van der Waals surface area contributed by atoms with Crippen LogP contribution in [0.4, 0.5) is 5.69 Å². The lowest BCUT2D eigenvalue weighted by Crippen LogP contribution is -2.11. The maximum Gasteiger partial charge on any atom is 0.200 e. The molecule has 0 unspecified atom stereocenters. The molecule has 1 aliphatic rings. The molecule has 4 rings (SSSR count). The third-order valence-electron chi connectivity index (χ3n) is 4.91. The topological polar surface area (TPSA) is 56.5 Å². The highest BCUT2D eigenvalue weighted by Crippen LogP contribution is 2.33. The Labute approximate surface area is 153 Å². The Kier molecular flexibility index (Phi) is 4.69. The van der Waals surface area contributed by atoms with Gasteiger partial charge in [0.15, 0.2) is 23.0 Å². The second-order valence-electron chi connectivity index (χ2n) is 6.70. The highest BCUT2D eigenvalue weighted by molar-refractivity contribution is 5.86. The van der Waals surface area contributed by atoms with Gasteiger partial charge in [0.05, 0.1) is 18.9 Å². The molecule has 0 aliphatic heterocycles. The van der Waals surface area contributed by atoms with Crippen LogP contribution in [0, 0.1) is 0 Å². The quantitative estimate of drug-likeness (QED) is 0.691. The van der Waals surface area contributed by atoms with Gasteiger partial charge in [0.1, 0.15) is 5.52 Å². The van der Waals surface area contributed by atoms with Gasteiger partial charge in [-0.05, 0) is 55.5 Å². The molecule has 5 nitrogen and oxygen atoms in total. The average molecular weight is 352 g/mol. The predicted octanol–water partition coefficient (Wildman–Crippen LogP) is 4.79. The normalized spacial score (nSPS) is 14.7. The molecule has 0 radical (unpaired) electrons. The number of methoxy groups -OCH3 is 1. The number of benzene rings is 2. The van der Waals surface area contributed by atoms with Gasteiger partial charge in [0.25, 0.3) is 0 Å². The van der Waals surface area contributed by atoms with Crippen molar-refractivity contribution in [2.45, 2.75) is 38.2 Å². The molecule has 2 aromatic carbocycles. The summed E-state index contributed by atoms with van der Waals surface area (Å²) < 4.78 is 17.6. The van der Waals surface area contributed by atoms with Gasteiger partial charge in [-0.3, -0.25) is 0 Å². The fourth-order valence-corrected chi connectivity index (χ4v) is 3.55. The maximum atomic E-state index is 6.19. The second-order valence-corrected chi connectivity index (χ2v) is 6.70. The summed E-state index contributed by atoms with van der Waals surface area (Å²) in [5.41, 5.74) is 3.70. The van der Waals surface area contributed by atoms with Crippen LogP contribution in [-0.4, -0.2) is 25.2 Å². The van der Waals surface area contributed by atoms with E-state index in [1.165, 1.54) is 12.8 Å². The molecule has 136 valence electrons. The molecule has 1 aliphatic carbocycles. The van der Waals surface area contributed by atoms with Crippen LogP contribution in [-0.2, 0) is 6.42 Å². The number of anilines is 1. The van der Waals surface area contributed by atoms with Crippen molar-refractivity contribution < 1.29 is 13.9 Å². The summed E-state index contributed by atoms with van der Waals surface area (Å²) in [6.45, 7) is 0. The molecule has 3 aromatic rings. The molecule has 1 heterocycles. The second kappa shape index (κ2) is 7.28. The van der Waals surface area contributed by atoms with Gasteiger partial charge in [0, 0.05) is 13.5 Å². The van der Waals surface area contributed by atoms with Crippen LogP contribution in [0.5, 0.6) is 11.5 Å². The van der Waals surface area contributed by atoms with Crippen molar-refractivity contribution in [2.75, 3.05) is 19.5 Å². The Balaban J connectivity index is 1.59. The molecule has 1 N–H and O–H groups in total. The molecule has 0 bridgehead atoms. The van der Waals surface area contributed by atoms with E-state index in [1.54, 1.807) is 7.11 Å². The number of fused-ring (bicyclic) bond motifs is 1. The molecule has 0 saturated heterocycles. The number of para-hydroxylation sites is 1. The minimum absolute atomic E-state index is 0.293. The predicted molar refractivity (Wildman–Crippen MR) is 102 cm³/mol. The molecule has 0 amide bonds. The number of aromatic nitrogens is 1. The van der Waals surface area contributed by atoms with Gasteiger partial charge in [-0.15, -0.1) is 0 Å². The summed E-state index contributed by atoms with van der Waals surface area (Å²) in [7, 11) is 3.56. The lowest BCUT2D eigenvalue weighted by molar-refractivity contribution is 0.200. The Bertz CT molecular complexity index is 897. The van der Waals surface area contributed by atoms with Crippen molar-refractivity contribution in [2.24, 2.45) is 0 Å². The minimum Gasteiger partial charge on any atom is -0.493 e. The summed E-state index contributed by atoms with van der Waals surface area (Å²) in [6, 6.07) is 12.0. The number of nitrogens with zero attached hydrogens (tertiary/aromatic N) is 1. The van der Waals surface area contributed by atoms with Crippen molar-refractivity contribution in [3.8, 4) is 11.5 Å². The first-order valence-electron chi connectivity index (χ1n) is 9.16. The SMILES string of the molecule is CNc1cccc2nc(Cc3ccc(OC)c(OC4CCCC4)c3)oc12. The zero-order valence-corrected chi connectivity index (χ0v) is 15.2. The fourth-order valence-electron chi connectivity index (χ4n) is 3.55. The van der Waals surface area contributed by atoms with Crippen molar-refractivity contribution >= 4 is 16.8 Å². The smallest absolute Gasteiger partial charge is 0.200 e. The standard InChI is InChI=1S/C21H24N2O3/c1-22-16-8-5-9-17-21(16)26-20(23-17)13-14-10-11-18(24-2)19(12-14)25-15-6-3-4-7-15/h5,8-12,15,22H,3-4,6-7,13H2,1-2H3. The van der Waals surface area contributed by atoms with Gasteiger partial charge in [0.2, 0.25) is 0 Å². The monoisotopic (exact) mass is 352 g/mol. The van der Waals surface area contributed by atoms with Crippen LogP contribution in [0.25, 0.3) is 11.1 Å². The highest BCUT2D eigenvalue weighted by atomic mass is 16.5. The molecule has 26 heavy (non-hydrogen) atoms. The average Bonchev–Trinajstić information content (AvgIpc) is 3.30. The Morgan fingerprint density at radius 3 is 2.77 bits per heavy atom. The van der Waals surface area contributed by atoms with Crippen molar-refractivity contribution in [3.63, 3.8) is 0 Å². The molecule has 0 spiro atoms. The van der Waals surface area contributed by atoms with Crippen LogP contribution in [0.3, 0.4) is 0 Å². The van der Waals surface area contributed by atoms with E-state index in [4.69, 9.17) is 13.9 Å². The van der Waals surface area contributed by atoms with Gasteiger partial charge in [-0.2, -0.15) is 0 Å². The fraction of sp³-hybridized carbons (Fsp3) is 0.381. The van der Waals surface area contributed by atoms with Gasteiger partial charge in [-0.25, -0.2) is 4.98 Å². The summed E-state index contributed by atoms with van der Waals surface area (Å²) in [6.07, 6.45) is 5.62.